The zero-order valence-corrected chi connectivity index (χ0v) is 17.6. The van der Waals surface area contributed by atoms with Crippen molar-refractivity contribution in [1.29, 1.82) is 0 Å². The molecule has 0 bridgehead atoms. The predicted octanol–water partition coefficient (Wildman–Crippen LogP) is 3.79. The van der Waals surface area contributed by atoms with Crippen molar-refractivity contribution in [3.05, 3.63) is 77.9 Å². The highest BCUT2D eigenvalue weighted by Crippen LogP contribution is 2.42. The second kappa shape index (κ2) is 7.63. The molecule has 0 radical (unpaired) electrons. The molecule has 2 aliphatic rings. The van der Waals surface area contributed by atoms with Crippen LogP contribution in [0.2, 0.25) is 0 Å². The number of nitrogens with zero attached hydrogens (tertiary/aromatic N) is 3. The third-order valence-electron chi connectivity index (χ3n) is 6.33. The van der Waals surface area contributed by atoms with Gasteiger partial charge in [0.05, 0.1) is 10.3 Å². The topological polar surface area (TPSA) is 76.3 Å². The van der Waals surface area contributed by atoms with E-state index in [1.54, 1.807) is 28.6 Å². The lowest BCUT2D eigenvalue weighted by molar-refractivity contribution is 0.214. The molecule has 0 N–H and O–H groups in total. The summed E-state index contributed by atoms with van der Waals surface area (Å²) in [7, 11) is -3.51. The minimum atomic E-state index is -3.51. The van der Waals surface area contributed by atoms with Gasteiger partial charge in [0.2, 0.25) is 15.9 Å². The zero-order chi connectivity index (χ0) is 20.6. The monoisotopic (exact) mass is 423 g/mol. The molecule has 2 fully saturated rings. The molecular formula is C23H25N3O3S. The predicted molar refractivity (Wildman–Crippen MR) is 112 cm³/mol. The first kappa shape index (κ1) is 19.5. The number of benzene rings is 2. The lowest BCUT2D eigenvalue weighted by Crippen LogP contribution is -2.45. The fraction of sp³-hybridized carbons (Fsp3) is 0.391. The second-order valence-electron chi connectivity index (χ2n) is 8.33. The fourth-order valence-electron chi connectivity index (χ4n) is 4.34. The maximum Gasteiger partial charge on any atom is 0.243 e. The maximum atomic E-state index is 13.1. The van der Waals surface area contributed by atoms with Crippen LogP contribution in [-0.4, -0.2) is 36.0 Å². The lowest BCUT2D eigenvalue weighted by Gasteiger charge is -2.39. The van der Waals surface area contributed by atoms with Crippen LogP contribution in [-0.2, 0) is 21.9 Å². The van der Waals surface area contributed by atoms with E-state index in [9.17, 15) is 8.42 Å². The third kappa shape index (κ3) is 3.56. The van der Waals surface area contributed by atoms with Gasteiger partial charge in [0, 0.05) is 19.5 Å². The summed E-state index contributed by atoms with van der Waals surface area (Å²) in [4.78, 5) is 5.10. The third-order valence-corrected chi connectivity index (χ3v) is 8.24. The Morgan fingerprint density at radius 2 is 1.60 bits per heavy atom. The molecule has 0 amide bonds. The first-order valence-corrected chi connectivity index (χ1v) is 12.0. The van der Waals surface area contributed by atoms with Crippen LogP contribution in [0.25, 0.3) is 0 Å². The van der Waals surface area contributed by atoms with Crippen molar-refractivity contribution < 1.29 is 12.9 Å². The van der Waals surface area contributed by atoms with Gasteiger partial charge in [0.1, 0.15) is 0 Å². The second-order valence-corrected chi connectivity index (χ2v) is 10.3. The molecule has 1 saturated heterocycles. The van der Waals surface area contributed by atoms with Gasteiger partial charge >= 0.3 is 0 Å². The van der Waals surface area contributed by atoms with Gasteiger partial charge in [-0.1, -0.05) is 53.7 Å². The molecule has 0 unspecified atom stereocenters. The highest BCUT2D eigenvalue weighted by Gasteiger charge is 2.45. The molecule has 1 aliphatic carbocycles. The van der Waals surface area contributed by atoms with Crippen molar-refractivity contribution in [2.24, 2.45) is 5.92 Å². The van der Waals surface area contributed by atoms with Crippen LogP contribution in [0.3, 0.4) is 0 Å². The van der Waals surface area contributed by atoms with Crippen molar-refractivity contribution in [2.45, 2.75) is 42.4 Å². The molecule has 0 spiro atoms. The molecule has 2 heterocycles. The average molecular weight is 424 g/mol. The van der Waals surface area contributed by atoms with Gasteiger partial charge in [-0.15, -0.1) is 0 Å². The Morgan fingerprint density at radius 3 is 2.23 bits per heavy atom. The Balaban J connectivity index is 1.44. The number of aromatic nitrogens is 2. The number of piperidine rings is 1. The Hall–Kier alpha value is -2.51. The summed E-state index contributed by atoms with van der Waals surface area (Å²) in [6.07, 6.45) is 4.55. The van der Waals surface area contributed by atoms with Gasteiger partial charge in [-0.3, -0.25) is 0 Å². The summed E-state index contributed by atoms with van der Waals surface area (Å²) < 4.78 is 33.5. The van der Waals surface area contributed by atoms with E-state index in [4.69, 9.17) is 9.51 Å². The summed E-state index contributed by atoms with van der Waals surface area (Å²) in [5.41, 5.74) is 0.641. The van der Waals surface area contributed by atoms with Gasteiger partial charge in [-0.2, -0.15) is 9.29 Å². The van der Waals surface area contributed by atoms with Crippen LogP contribution < -0.4 is 0 Å². The van der Waals surface area contributed by atoms with Crippen LogP contribution in [0.4, 0.5) is 0 Å². The first-order chi connectivity index (χ1) is 14.6. The van der Waals surface area contributed by atoms with E-state index in [0.717, 1.165) is 17.8 Å². The minimum absolute atomic E-state index is 0.335. The molecule has 5 rings (SSSR count). The molecule has 156 valence electrons. The van der Waals surface area contributed by atoms with Gasteiger partial charge in [0.15, 0.2) is 5.82 Å². The van der Waals surface area contributed by atoms with Gasteiger partial charge < -0.3 is 4.52 Å². The van der Waals surface area contributed by atoms with E-state index in [2.05, 4.69) is 17.3 Å². The quantitative estimate of drug-likeness (QED) is 0.603. The molecule has 2 aromatic carbocycles. The SMILES string of the molecule is O=S(=O)(c1ccccc1)N1CCC(c2ccccc2)(c2nc(CC3CC3)no2)CC1. The molecule has 1 aliphatic heterocycles. The molecule has 6 nitrogen and oxygen atoms in total. The van der Waals surface area contributed by atoms with Crippen LogP contribution >= 0.6 is 0 Å². The number of hydrogen-bond donors (Lipinski definition) is 0. The van der Waals surface area contributed by atoms with Crippen LogP contribution in [0, 0.1) is 5.92 Å². The summed E-state index contributed by atoms with van der Waals surface area (Å²) >= 11 is 0. The van der Waals surface area contributed by atoms with Gasteiger partial charge in [-0.25, -0.2) is 8.42 Å². The molecule has 30 heavy (non-hydrogen) atoms. The van der Waals surface area contributed by atoms with Crippen LogP contribution in [0.1, 0.15) is 43.0 Å². The van der Waals surface area contributed by atoms with Crippen LogP contribution in [0.15, 0.2) is 70.1 Å². The van der Waals surface area contributed by atoms with E-state index in [1.807, 2.05) is 24.3 Å². The standard InChI is InChI=1S/C23H25N3O3S/c27-30(28,20-9-5-2-6-10-20)26-15-13-23(14-16-26,19-7-3-1-4-8-19)22-24-21(25-29-22)17-18-11-12-18/h1-10,18H,11-17H2. The Kier molecular flexibility index (Phi) is 4.95. The van der Waals surface area contributed by atoms with E-state index in [-0.39, 0.29) is 0 Å². The number of sulfonamides is 1. The van der Waals surface area contributed by atoms with Crippen LogP contribution in [0.5, 0.6) is 0 Å². The van der Waals surface area contributed by atoms with Crippen molar-refractivity contribution in [3.63, 3.8) is 0 Å². The van der Waals surface area contributed by atoms with E-state index in [1.165, 1.54) is 12.8 Å². The van der Waals surface area contributed by atoms with E-state index >= 15 is 0 Å². The minimum Gasteiger partial charge on any atom is -0.338 e. The number of hydrogen-bond acceptors (Lipinski definition) is 5. The molecule has 3 aromatic rings. The average Bonchev–Trinajstić information content (AvgIpc) is 3.49. The molecular weight excluding hydrogens is 398 g/mol. The van der Waals surface area contributed by atoms with Crippen molar-refractivity contribution in [2.75, 3.05) is 13.1 Å². The summed E-state index contributed by atoms with van der Waals surface area (Å²) in [5.74, 6) is 2.06. The Morgan fingerprint density at radius 1 is 0.967 bits per heavy atom. The summed E-state index contributed by atoms with van der Waals surface area (Å²) in [6.45, 7) is 0.818. The van der Waals surface area contributed by atoms with Gasteiger partial charge in [0.25, 0.3) is 0 Å². The highest BCUT2D eigenvalue weighted by atomic mass is 32.2. The zero-order valence-electron chi connectivity index (χ0n) is 16.8. The van der Waals surface area contributed by atoms with Crippen molar-refractivity contribution in [1.82, 2.24) is 14.4 Å². The summed E-state index contributed by atoms with van der Waals surface area (Å²) in [5, 5.41) is 4.24. The first-order valence-electron chi connectivity index (χ1n) is 10.5. The lowest BCUT2D eigenvalue weighted by atomic mass is 9.73. The smallest absolute Gasteiger partial charge is 0.243 e. The normalized spacial score (nSPS) is 19.6. The number of rotatable bonds is 6. The van der Waals surface area contributed by atoms with E-state index < -0.39 is 15.4 Å². The van der Waals surface area contributed by atoms with Crippen molar-refractivity contribution in [3.8, 4) is 0 Å². The van der Waals surface area contributed by atoms with Crippen molar-refractivity contribution >= 4 is 10.0 Å². The Bertz CT molecular complexity index is 1100. The van der Waals surface area contributed by atoms with Gasteiger partial charge in [-0.05, 0) is 49.3 Å². The largest absolute Gasteiger partial charge is 0.338 e. The molecule has 1 saturated carbocycles. The summed E-state index contributed by atoms with van der Waals surface area (Å²) in [6, 6.07) is 18.8. The highest BCUT2D eigenvalue weighted by molar-refractivity contribution is 7.89. The fourth-order valence-corrected chi connectivity index (χ4v) is 5.81. The Labute approximate surface area is 177 Å². The van der Waals surface area contributed by atoms with E-state index in [0.29, 0.717) is 42.6 Å². The molecule has 0 atom stereocenters. The molecule has 7 heteroatoms. The maximum absolute atomic E-state index is 13.1. The molecule has 1 aromatic heterocycles.